The first kappa shape index (κ1) is 14.2. The normalized spacial score (nSPS) is 14.9. The van der Waals surface area contributed by atoms with Crippen LogP contribution in [0.3, 0.4) is 0 Å². The minimum Gasteiger partial charge on any atom is -0.386 e. The van der Waals surface area contributed by atoms with Gasteiger partial charge in [0.2, 0.25) is 0 Å². The summed E-state index contributed by atoms with van der Waals surface area (Å²) in [4.78, 5) is 48.6. The van der Waals surface area contributed by atoms with E-state index in [1.807, 2.05) is 0 Å². The van der Waals surface area contributed by atoms with E-state index in [9.17, 15) is 19.2 Å². The van der Waals surface area contributed by atoms with Crippen LogP contribution in [0.15, 0.2) is 12.1 Å². The minimum absolute atomic E-state index is 0.0847. The highest BCUT2D eigenvalue weighted by Crippen LogP contribution is 2.39. The summed E-state index contributed by atoms with van der Waals surface area (Å²) in [6.07, 6.45) is 0. The predicted octanol–water partition coefficient (Wildman–Crippen LogP) is 2.14. The van der Waals surface area contributed by atoms with Gasteiger partial charge in [-0.25, -0.2) is 19.2 Å². The second-order valence-corrected chi connectivity index (χ2v) is 5.44. The molecule has 6 nitrogen and oxygen atoms in total. The molecule has 0 unspecified atom stereocenters. The van der Waals surface area contributed by atoms with Crippen molar-refractivity contribution in [3.8, 4) is 11.8 Å². The maximum absolute atomic E-state index is 12.2. The van der Waals surface area contributed by atoms with Gasteiger partial charge < -0.3 is 9.47 Å². The van der Waals surface area contributed by atoms with Crippen LogP contribution in [-0.2, 0) is 9.47 Å². The maximum atomic E-state index is 12.2. The van der Waals surface area contributed by atoms with Gasteiger partial charge in [-0.2, -0.15) is 0 Å². The van der Waals surface area contributed by atoms with E-state index >= 15 is 0 Å². The second kappa shape index (κ2) is 4.52. The van der Waals surface area contributed by atoms with Crippen LogP contribution in [0.2, 0.25) is 0 Å². The van der Waals surface area contributed by atoms with E-state index in [0.717, 1.165) is 0 Å². The number of hydrogen-bond acceptors (Lipinski definition) is 6. The van der Waals surface area contributed by atoms with Gasteiger partial charge in [-0.3, -0.25) is 0 Å². The van der Waals surface area contributed by atoms with Crippen LogP contribution < -0.4 is 0 Å². The summed E-state index contributed by atoms with van der Waals surface area (Å²) in [5, 5.41) is 0.463. The SMILES string of the molecule is CC#Cc1cc2c3c(c(C)cc4c3c1C(=O)OC4=O)C(=O)OC2=O. The number of carbonyl (C=O) groups excluding carboxylic acids is 4. The monoisotopic (exact) mass is 320 g/mol. The van der Waals surface area contributed by atoms with E-state index < -0.39 is 23.9 Å². The van der Waals surface area contributed by atoms with Crippen molar-refractivity contribution in [1.29, 1.82) is 0 Å². The van der Waals surface area contributed by atoms with Gasteiger partial charge in [0.05, 0.1) is 22.3 Å². The fraction of sp³-hybridized carbons (Fsp3) is 0.111. The number of esters is 4. The molecule has 0 saturated heterocycles. The molecular formula is C18H8O6. The van der Waals surface area contributed by atoms with Crippen molar-refractivity contribution in [2.45, 2.75) is 13.8 Å². The average Bonchev–Trinajstić information content (AvgIpc) is 2.51. The van der Waals surface area contributed by atoms with Crippen LogP contribution in [0.1, 0.15) is 59.5 Å². The topological polar surface area (TPSA) is 86.7 Å². The second-order valence-electron chi connectivity index (χ2n) is 5.44. The zero-order chi connectivity index (χ0) is 17.2. The summed E-state index contributed by atoms with van der Waals surface area (Å²) in [6, 6.07) is 2.85. The molecule has 0 N–H and O–H groups in total. The van der Waals surface area contributed by atoms with Crippen LogP contribution in [0.4, 0.5) is 0 Å². The number of ether oxygens (including phenoxy) is 2. The van der Waals surface area contributed by atoms with E-state index in [4.69, 9.17) is 9.47 Å². The highest BCUT2D eigenvalue weighted by molar-refractivity contribution is 6.30. The smallest absolute Gasteiger partial charge is 0.347 e. The first-order chi connectivity index (χ1) is 11.4. The van der Waals surface area contributed by atoms with E-state index in [0.29, 0.717) is 5.56 Å². The third-order valence-corrected chi connectivity index (χ3v) is 4.08. The van der Waals surface area contributed by atoms with Gasteiger partial charge in [0.15, 0.2) is 0 Å². The third kappa shape index (κ3) is 1.61. The molecule has 2 aromatic carbocycles. The lowest BCUT2D eigenvalue weighted by atomic mass is 9.84. The predicted molar refractivity (Wildman–Crippen MR) is 80.7 cm³/mol. The van der Waals surface area contributed by atoms with Crippen molar-refractivity contribution in [2.75, 3.05) is 0 Å². The summed E-state index contributed by atoms with van der Waals surface area (Å²) in [5.41, 5.74) is 1.20. The van der Waals surface area contributed by atoms with Crippen molar-refractivity contribution in [1.82, 2.24) is 0 Å². The number of carbonyl (C=O) groups is 4. The first-order valence-electron chi connectivity index (χ1n) is 7.04. The van der Waals surface area contributed by atoms with Crippen LogP contribution in [0.25, 0.3) is 10.8 Å². The van der Waals surface area contributed by atoms with Gasteiger partial charge >= 0.3 is 23.9 Å². The molecular weight excluding hydrogens is 312 g/mol. The van der Waals surface area contributed by atoms with E-state index in [2.05, 4.69) is 11.8 Å². The Kier molecular flexibility index (Phi) is 2.67. The zero-order valence-electron chi connectivity index (χ0n) is 12.6. The maximum Gasteiger partial charge on any atom is 0.347 e. The highest BCUT2D eigenvalue weighted by atomic mass is 16.6. The quantitative estimate of drug-likeness (QED) is 0.420. The summed E-state index contributed by atoms with van der Waals surface area (Å²) < 4.78 is 9.56. The summed E-state index contributed by atoms with van der Waals surface area (Å²) in [6.45, 7) is 3.19. The minimum atomic E-state index is -0.849. The molecule has 0 saturated carbocycles. The van der Waals surface area contributed by atoms with Crippen molar-refractivity contribution in [2.24, 2.45) is 0 Å². The van der Waals surface area contributed by atoms with E-state index in [1.54, 1.807) is 13.8 Å². The molecule has 0 aliphatic carbocycles. The average molecular weight is 320 g/mol. The Hall–Kier alpha value is -3.46. The molecule has 4 rings (SSSR count). The zero-order valence-corrected chi connectivity index (χ0v) is 12.6. The van der Waals surface area contributed by atoms with Gasteiger partial charge in [0.1, 0.15) is 0 Å². The molecule has 2 heterocycles. The number of cyclic esters (lactones) is 4. The molecule has 0 atom stereocenters. The van der Waals surface area contributed by atoms with Crippen LogP contribution in [0, 0.1) is 18.8 Å². The van der Waals surface area contributed by atoms with Gasteiger partial charge in [-0.05, 0) is 31.5 Å². The molecule has 6 heteroatoms. The van der Waals surface area contributed by atoms with Gasteiger partial charge in [0, 0.05) is 16.3 Å². The number of hydrogen-bond donors (Lipinski definition) is 0. The first-order valence-corrected chi connectivity index (χ1v) is 7.04. The molecule has 0 bridgehead atoms. The lowest BCUT2D eigenvalue weighted by Gasteiger charge is -2.24. The lowest BCUT2D eigenvalue weighted by molar-refractivity contribution is 0.0365. The van der Waals surface area contributed by atoms with Crippen LogP contribution in [-0.4, -0.2) is 23.9 Å². The molecule has 2 aliphatic rings. The van der Waals surface area contributed by atoms with Crippen molar-refractivity contribution in [3.63, 3.8) is 0 Å². The van der Waals surface area contributed by atoms with E-state index in [1.165, 1.54) is 12.1 Å². The molecule has 2 aromatic rings. The van der Waals surface area contributed by atoms with Gasteiger partial charge in [-0.15, -0.1) is 5.92 Å². The Morgan fingerprint density at radius 1 is 0.792 bits per heavy atom. The fourth-order valence-electron chi connectivity index (χ4n) is 3.18. The molecule has 0 fully saturated rings. The number of rotatable bonds is 0. The molecule has 0 aromatic heterocycles. The molecule has 2 aliphatic heterocycles. The summed E-state index contributed by atoms with van der Waals surface area (Å²) in [7, 11) is 0. The summed E-state index contributed by atoms with van der Waals surface area (Å²) >= 11 is 0. The standard InChI is InChI=1S/C18H8O6/c1-3-4-8-6-10-13-11(17(21)23-16(10)20)7(2)5-9-14(13)12(8)18(22)24-15(9)19/h5-6H,1-2H3. The molecule has 0 amide bonds. The summed E-state index contributed by atoms with van der Waals surface area (Å²) in [5.74, 6) is 2.09. The number of benzene rings is 2. The van der Waals surface area contributed by atoms with E-state index in [-0.39, 0.29) is 38.6 Å². The van der Waals surface area contributed by atoms with Crippen LogP contribution in [0.5, 0.6) is 0 Å². The molecule has 24 heavy (non-hydrogen) atoms. The lowest BCUT2D eigenvalue weighted by Crippen LogP contribution is -2.27. The Bertz CT molecular complexity index is 1090. The number of aryl methyl sites for hydroxylation is 1. The Labute approximate surface area is 135 Å². The Morgan fingerprint density at radius 2 is 1.33 bits per heavy atom. The molecule has 0 radical (unpaired) electrons. The third-order valence-electron chi connectivity index (χ3n) is 4.08. The van der Waals surface area contributed by atoms with Crippen LogP contribution >= 0.6 is 0 Å². The molecule has 0 spiro atoms. The van der Waals surface area contributed by atoms with Gasteiger partial charge in [0.25, 0.3) is 0 Å². The van der Waals surface area contributed by atoms with Crippen molar-refractivity contribution >= 4 is 34.6 Å². The largest absolute Gasteiger partial charge is 0.386 e. The van der Waals surface area contributed by atoms with Crippen molar-refractivity contribution in [3.05, 3.63) is 45.5 Å². The Balaban J connectivity index is 2.35. The fourth-order valence-corrected chi connectivity index (χ4v) is 3.18. The van der Waals surface area contributed by atoms with Gasteiger partial charge in [-0.1, -0.05) is 5.92 Å². The highest BCUT2D eigenvalue weighted by Gasteiger charge is 2.38. The van der Waals surface area contributed by atoms with Crippen molar-refractivity contribution < 1.29 is 28.7 Å². The molecule has 116 valence electrons. The Morgan fingerprint density at radius 3 is 1.96 bits per heavy atom.